The summed E-state index contributed by atoms with van der Waals surface area (Å²) in [5.41, 5.74) is 0.601. The molecule has 5 nitrogen and oxygen atoms in total. The summed E-state index contributed by atoms with van der Waals surface area (Å²) >= 11 is 7.35. The molecule has 0 saturated heterocycles. The maximum Gasteiger partial charge on any atom is 0.316 e. The third-order valence-corrected chi connectivity index (χ3v) is 5.96. The van der Waals surface area contributed by atoms with Crippen molar-refractivity contribution in [3.8, 4) is 0 Å². The lowest BCUT2D eigenvalue weighted by Crippen LogP contribution is -2.34. The summed E-state index contributed by atoms with van der Waals surface area (Å²) in [5, 5.41) is 2.44. The van der Waals surface area contributed by atoms with Gasteiger partial charge in [0.2, 0.25) is 0 Å². The van der Waals surface area contributed by atoms with Crippen LogP contribution in [0, 0.1) is 0 Å². The first-order valence-electron chi connectivity index (χ1n) is 8.48. The average Bonchev–Trinajstić information content (AvgIpc) is 3.30. The molecule has 2 heterocycles. The molecular weight excluding hydrogens is 372 g/mol. The number of hydrogen-bond acceptors (Lipinski definition) is 5. The van der Waals surface area contributed by atoms with Crippen LogP contribution in [-0.2, 0) is 21.6 Å². The molecule has 1 aliphatic rings. The number of hydrogen-bond donors (Lipinski definition) is 0. The van der Waals surface area contributed by atoms with Gasteiger partial charge in [0.15, 0.2) is 4.96 Å². The fraction of sp³-hybridized carbons (Fsp3) is 0.316. The molecule has 1 aliphatic carbocycles. The zero-order chi connectivity index (χ0) is 18.1. The number of fused-ring (bicyclic) bond motifs is 1. The molecule has 3 aromatic rings. The Morgan fingerprint density at radius 1 is 1.27 bits per heavy atom. The molecule has 0 aliphatic heterocycles. The Morgan fingerprint density at radius 3 is 2.73 bits per heavy atom. The Bertz CT molecular complexity index is 1000. The summed E-state index contributed by atoms with van der Waals surface area (Å²) < 4.78 is 7.08. The van der Waals surface area contributed by atoms with E-state index in [-0.39, 0.29) is 18.1 Å². The van der Waals surface area contributed by atoms with Gasteiger partial charge in [-0.3, -0.25) is 14.0 Å². The second-order valence-electron chi connectivity index (χ2n) is 6.51. The van der Waals surface area contributed by atoms with Gasteiger partial charge in [-0.1, -0.05) is 36.6 Å². The third kappa shape index (κ3) is 3.04. The number of aromatic nitrogens is 2. The van der Waals surface area contributed by atoms with Crippen molar-refractivity contribution in [3.05, 3.63) is 68.5 Å². The van der Waals surface area contributed by atoms with Crippen LogP contribution in [0.4, 0.5) is 0 Å². The van der Waals surface area contributed by atoms with Gasteiger partial charge in [-0.15, -0.1) is 11.3 Å². The van der Waals surface area contributed by atoms with Crippen LogP contribution < -0.4 is 5.56 Å². The summed E-state index contributed by atoms with van der Waals surface area (Å²) in [6.07, 6.45) is 5.16. The predicted octanol–water partition coefficient (Wildman–Crippen LogP) is 3.96. The highest BCUT2D eigenvalue weighted by molar-refractivity contribution is 7.15. The highest BCUT2D eigenvalue weighted by Gasteiger charge is 2.44. The van der Waals surface area contributed by atoms with Gasteiger partial charge in [0.05, 0.1) is 11.1 Å². The van der Waals surface area contributed by atoms with Gasteiger partial charge in [0.25, 0.3) is 5.56 Å². The standard InChI is InChI=1S/C19H17ClN2O3S/c20-14-5-3-13(4-6-14)19(7-1-2-8-19)17(24)25-12-15-11-16(23)22-9-10-26-18(22)21-15/h3-6,9-11H,1-2,7-8,12H2. The second kappa shape index (κ2) is 6.85. The molecular formula is C19H17ClN2O3S. The Morgan fingerprint density at radius 2 is 2.00 bits per heavy atom. The van der Waals surface area contributed by atoms with E-state index >= 15 is 0 Å². The first-order chi connectivity index (χ1) is 12.6. The van der Waals surface area contributed by atoms with Crippen LogP contribution in [0.5, 0.6) is 0 Å². The van der Waals surface area contributed by atoms with E-state index in [0.717, 1.165) is 31.2 Å². The highest BCUT2D eigenvalue weighted by Crippen LogP contribution is 2.42. The van der Waals surface area contributed by atoms with Gasteiger partial charge in [0, 0.05) is 22.7 Å². The monoisotopic (exact) mass is 388 g/mol. The fourth-order valence-corrected chi connectivity index (χ4v) is 4.46. The number of nitrogens with zero attached hydrogens (tertiary/aromatic N) is 2. The Kier molecular flexibility index (Phi) is 4.54. The Hall–Kier alpha value is -2.18. The molecule has 0 N–H and O–H groups in total. The molecule has 1 saturated carbocycles. The summed E-state index contributed by atoms with van der Waals surface area (Å²) in [6, 6.07) is 8.82. The second-order valence-corrected chi connectivity index (χ2v) is 7.82. The van der Waals surface area contributed by atoms with Gasteiger partial charge in [-0.2, -0.15) is 0 Å². The van der Waals surface area contributed by atoms with E-state index in [9.17, 15) is 9.59 Å². The lowest BCUT2D eigenvalue weighted by molar-refractivity contribution is -0.152. The molecule has 0 atom stereocenters. The van der Waals surface area contributed by atoms with Crippen molar-refractivity contribution in [2.75, 3.05) is 0 Å². The molecule has 1 fully saturated rings. The van der Waals surface area contributed by atoms with E-state index in [1.54, 1.807) is 23.7 Å². The minimum Gasteiger partial charge on any atom is -0.458 e. The van der Waals surface area contributed by atoms with Crippen LogP contribution >= 0.6 is 22.9 Å². The smallest absolute Gasteiger partial charge is 0.316 e. The summed E-state index contributed by atoms with van der Waals surface area (Å²) in [7, 11) is 0. The molecule has 0 amide bonds. The number of halogens is 1. The van der Waals surface area contributed by atoms with Crippen molar-refractivity contribution in [1.29, 1.82) is 0 Å². The maximum absolute atomic E-state index is 13.0. The minimum absolute atomic E-state index is 0.00217. The van der Waals surface area contributed by atoms with E-state index in [0.29, 0.717) is 15.7 Å². The largest absolute Gasteiger partial charge is 0.458 e. The zero-order valence-corrected chi connectivity index (χ0v) is 15.6. The normalized spacial score (nSPS) is 16.0. The highest BCUT2D eigenvalue weighted by atomic mass is 35.5. The molecule has 134 valence electrons. The number of carbonyl (C=O) groups is 1. The quantitative estimate of drug-likeness (QED) is 0.634. The zero-order valence-electron chi connectivity index (χ0n) is 14.0. The number of rotatable bonds is 4. The fourth-order valence-electron chi connectivity index (χ4n) is 3.60. The summed E-state index contributed by atoms with van der Waals surface area (Å²) in [5.74, 6) is -0.259. The lowest BCUT2D eigenvalue weighted by atomic mass is 9.79. The number of carbonyl (C=O) groups excluding carboxylic acids is 1. The molecule has 2 aromatic heterocycles. The maximum atomic E-state index is 13.0. The van der Waals surface area contributed by atoms with Crippen LogP contribution in [0.15, 0.2) is 46.7 Å². The van der Waals surface area contributed by atoms with E-state index in [1.165, 1.54) is 21.8 Å². The molecule has 26 heavy (non-hydrogen) atoms. The van der Waals surface area contributed by atoms with Gasteiger partial charge in [-0.05, 0) is 30.5 Å². The van der Waals surface area contributed by atoms with Crippen molar-refractivity contribution in [2.24, 2.45) is 0 Å². The van der Waals surface area contributed by atoms with E-state index in [4.69, 9.17) is 16.3 Å². The van der Waals surface area contributed by atoms with Crippen LogP contribution in [0.25, 0.3) is 4.96 Å². The molecule has 7 heteroatoms. The number of benzene rings is 1. The molecule has 0 radical (unpaired) electrons. The SMILES string of the molecule is O=C(OCc1cc(=O)n2ccsc2n1)C1(c2ccc(Cl)cc2)CCCC1. The van der Waals surface area contributed by atoms with Gasteiger partial charge in [0.1, 0.15) is 6.61 Å². The summed E-state index contributed by atoms with van der Waals surface area (Å²) in [4.78, 5) is 30.0. The number of thiazole rings is 1. The number of esters is 1. The van der Waals surface area contributed by atoms with Crippen LogP contribution in [-0.4, -0.2) is 15.4 Å². The topological polar surface area (TPSA) is 60.7 Å². The van der Waals surface area contributed by atoms with Gasteiger partial charge < -0.3 is 4.74 Å². The van der Waals surface area contributed by atoms with Crippen molar-refractivity contribution >= 4 is 33.9 Å². The van der Waals surface area contributed by atoms with Gasteiger partial charge >= 0.3 is 5.97 Å². The molecule has 1 aromatic carbocycles. The molecule has 0 spiro atoms. The van der Waals surface area contributed by atoms with Crippen molar-refractivity contribution in [1.82, 2.24) is 9.38 Å². The van der Waals surface area contributed by atoms with E-state index < -0.39 is 5.41 Å². The lowest BCUT2D eigenvalue weighted by Gasteiger charge is -2.27. The van der Waals surface area contributed by atoms with E-state index in [2.05, 4.69) is 4.98 Å². The van der Waals surface area contributed by atoms with Gasteiger partial charge in [-0.25, -0.2) is 4.98 Å². The van der Waals surface area contributed by atoms with Crippen LogP contribution in [0.2, 0.25) is 5.02 Å². The minimum atomic E-state index is -0.632. The van der Waals surface area contributed by atoms with Crippen molar-refractivity contribution < 1.29 is 9.53 Å². The first-order valence-corrected chi connectivity index (χ1v) is 9.73. The van der Waals surface area contributed by atoms with Crippen LogP contribution in [0.1, 0.15) is 36.9 Å². The number of ether oxygens (including phenoxy) is 1. The van der Waals surface area contributed by atoms with E-state index in [1.807, 2.05) is 12.1 Å². The third-order valence-electron chi connectivity index (χ3n) is 4.95. The van der Waals surface area contributed by atoms with Crippen LogP contribution in [0.3, 0.4) is 0 Å². The first kappa shape index (κ1) is 17.2. The van der Waals surface area contributed by atoms with Crippen molar-refractivity contribution in [3.63, 3.8) is 0 Å². The van der Waals surface area contributed by atoms with Crippen molar-refractivity contribution in [2.45, 2.75) is 37.7 Å². The molecule has 4 rings (SSSR count). The Labute approximate surface area is 159 Å². The average molecular weight is 389 g/mol. The Balaban J connectivity index is 1.57. The predicted molar refractivity (Wildman–Crippen MR) is 101 cm³/mol. The summed E-state index contributed by atoms with van der Waals surface area (Å²) in [6.45, 7) is -0.00217. The molecule has 0 unspecified atom stereocenters. The molecule has 0 bridgehead atoms.